The number of nitrogens with one attached hydrogen (secondary N) is 1. The van der Waals surface area contributed by atoms with E-state index in [1.165, 1.54) is 145 Å². The van der Waals surface area contributed by atoms with Gasteiger partial charge in [-0.3, -0.25) is 43.1 Å². The van der Waals surface area contributed by atoms with Crippen LogP contribution < -0.4 is 20.6 Å². The number of amides is 1. The number of unbranched alkanes of at least 4 members (excludes halogenated alkanes) is 28. The predicted molar refractivity (Wildman–Crippen MR) is 309 cm³/mol. The standard InChI is InChI=1S/C61H108N5O15P.Gd/c1-3-5-7-9-11-13-15-17-19-21-23-25-27-29-31-36-59(72)78-50-54(81-60(73)37-32-30-28-26-24-22-20-18-16-14-12-10-8-6-4-2)51-80-82(76,77)79-45-40-62-56(67)39-38-55(61(74)75)66-44-43-64(48-57(68)69)41-42-65(49-58(70)71)46-52-34-33-35-53(47-66)63-52;/h33-35,54-55H,3-32,36-51H2,1-2H3,(H,62,67)(H,68,69)(H,70,71)(H,74,75)(H,76,77);/q;+3/p-3. The zero-order valence-electron chi connectivity index (χ0n) is 50.7. The number of fused-ring (bicyclic) bond motifs is 2. The molecule has 2 bridgehead atoms. The van der Waals surface area contributed by atoms with Crippen molar-refractivity contribution in [1.29, 1.82) is 0 Å². The quantitative estimate of drug-likeness (QED) is 0.0360. The van der Waals surface area contributed by atoms with E-state index in [9.17, 15) is 53.5 Å². The topological polar surface area (TPSA) is 280 Å². The molecule has 3 atom stereocenters. The van der Waals surface area contributed by atoms with Gasteiger partial charge in [-0.1, -0.05) is 200 Å². The van der Waals surface area contributed by atoms with Crippen molar-refractivity contribution in [3.8, 4) is 0 Å². The van der Waals surface area contributed by atoms with Gasteiger partial charge < -0.3 is 49.4 Å². The van der Waals surface area contributed by atoms with Crippen LogP contribution in [-0.4, -0.2) is 138 Å². The van der Waals surface area contributed by atoms with Gasteiger partial charge >= 0.3 is 59.7 Å². The molecule has 3 unspecified atom stereocenters. The molecule has 0 spiro atoms. The number of carboxylic acid groups (broad SMARTS) is 3. The summed E-state index contributed by atoms with van der Waals surface area (Å²) in [6, 6.07) is 3.74. The van der Waals surface area contributed by atoms with Gasteiger partial charge in [-0.05, 0) is 31.4 Å². The van der Waals surface area contributed by atoms with Crippen LogP contribution in [0.5, 0.6) is 0 Å². The normalized spacial score (nSPS) is 15.0. The minimum absolute atomic E-state index is 0. The third kappa shape index (κ3) is 44.4. The summed E-state index contributed by atoms with van der Waals surface area (Å²) in [5, 5.41) is 38.2. The van der Waals surface area contributed by atoms with Crippen LogP contribution in [0.25, 0.3) is 0 Å². The monoisotopic (exact) mass is 1340 g/mol. The molecule has 1 amide bonds. The molecule has 0 aromatic carbocycles. The molecule has 1 radical (unpaired) electrons. The number of esters is 2. The Bertz CT molecular complexity index is 1940. The van der Waals surface area contributed by atoms with Crippen LogP contribution in [-0.2, 0) is 64.9 Å². The molecule has 22 heteroatoms. The Morgan fingerprint density at radius 2 is 1.01 bits per heavy atom. The maximum atomic E-state index is 13.0. The van der Waals surface area contributed by atoms with Crippen LogP contribution in [0.1, 0.15) is 244 Å². The maximum absolute atomic E-state index is 13.0. The van der Waals surface area contributed by atoms with Gasteiger partial charge in [0.15, 0.2) is 6.10 Å². The van der Waals surface area contributed by atoms with Crippen molar-refractivity contribution >= 4 is 43.6 Å². The molecule has 1 aromatic heterocycles. The van der Waals surface area contributed by atoms with Gasteiger partial charge in [0.25, 0.3) is 0 Å². The molecule has 2 rings (SSSR count). The number of nitrogens with zero attached hydrogens (tertiary/aromatic N) is 4. The Labute approximate surface area is 529 Å². The van der Waals surface area contributed by atoms with Crippen molar-refractivity contribution in [3.05, 3.63) is 29.6 Å². The van der Waals surface area contributed by atoms with Crippen LogP contribution in [0.15, 0.2) is 18.2 Å². The number of aliphatic carboxylic acids is 3. The first-order valence-corrected chi connectivity index (χ1v) is 33.1. The van der Waals surface area contributed by atoms with Gasteiger partial charge in [0, 0.05) is 78.2 Å². The molecular formula is C61H105GdN5O15P. The number of phosphoric ester groups is 1. The Morgan fingerprint density at radius 1 is 0.578 bits per heavy atom. The van der Waals surface area contributed by atoms with E-state index in [2.05, 4.69) is 24.1 Å². The third-order valence-corrected chi connectivity index (χ3v) is 15.9. The molecule has 2 heterocycles. The fraction of sp³-hybridized carbons (Fsp3) is 0.820. The molecule has 1 aliphatic heterocycles. The van der Waals surface area contributed by atoms with E-state index in [0.29, 0.717) is 24.2 Å². The van der Waals surface area contributed by atoms with Crippen LogP contribution >= 0.6 is 7.82 Å². The molecule has 1 aromatic rings. The number of carbonyl (C=O) groups is 6. The summed E-state index contributed by atoms with van der Waals surface area (Å²) in [7, 11) is -4.79. The first kappa shape index (κ1) is 78.3. The molecular weight excluding hydrogens is 1230 g/mol. The second kappa shape index (κ2) is 51.3. The summed E-state index contributed by atoms with van der Waals surface area (Å²) in [5.74, 6) is -5.78. The molecule has 0 saturated heterocycles. The molecule has 0 fully saturated rings. The smallest absolute Gasteiger partial charge is 0.549 e. The fourth-order valence-electron chi connectivity index (χ4n) is 10.2. The van der Waals surface area contributed by atoms with E-state index in [1.807, 2.05) is 0 Å². The van der Waals surface area contributed by atoms with Gasteiger partial charge in [-0.25, -0.2) is 4.57 Å². The number of carboxylic acids is 3. The summed E-state index contributed by atoms with van der Waals surface area (Å²) < 4.78 is 34.3. The van der Waals surface area contributed by atoms with Gasteiger partial charge in [-0.2, -0.15) is 0 Å². The number of ether oxygens (including phenoxy) is 2. The van der Waals surface area contributed by atoms with Crippen LogP contribution in [0, 0.1) is 39.9 Å². The van der Waals surface area contributed by atoms with Gasteiger partial charge in [0.2, 0.25) is 5.91 Å². The van der Waals surface area contributed by atoms with Crippen molar-refractivity contribution in [2.45, 2.75) is 257 Å². The molecule has 2 N–H and O–H groups in total. The average molecular weight is 1340 g/mol. The molecule has 20 nitrogen and oxygen atoms in total. The van der Waals surface area contributed by atoms with Gasteiger partial charge in [0.1, 0.15) is 6.61 Å². The molecule has 83 heavy (non-hydrogen) atoms. The number of rotatable bonds is 51. The second-order valence-corrected chi connectivity index (χ2v) is 23.8. The Hall–Kier alpha value is -2.72. The summed E-state index contributed by atoms with van der Waals surface area (Å²) in [4.78, 5) is 94.1. The first-order chi connectivity index (χ1) is 39.6. The molecule has 0 saturated carbocycles. The molecule has 1 aliphatic rings. The van der Waals surface area contributed by atoms with E-state index in [1.54, 1.807) is 23.1 Å². The molecule has 477 valence electrons. The third-order valence-electron chi connectivity index (χ3n) is 14.9. The Balaban J connectivity index is 0.0000344. The zero-order valence-corrected chi connectivity index (χ0v) is 53.8. The second-order valence-electron chi connectivity index (χ2n) is 22.3. The summed E-state index contributed by atoms with van der Waals surface area (Å²) in [6.45, 7) is 2.26. The van der Waals surface area contributed by atoms with E-state index >= 15 is 0 Å². The fourth-order valence-corrected chi connectivity index (χ4v) is 10.9. The number of aromatic nitrogens is 1. The van der Waals surface area contributed by atoms with Crippen LogP contribution in [0.2, 0.25) is 0 Å². The van der Waals surface area contributed by atoms with Crippen LogP contribution in [0.4, 0.5) is 0 Å². The van der Waals surface area contributed by atoms with E-state index < -0.39 is 82.0 Å². The Morgan fingerprint density at radius 3 is 1.49 bits per heavy atom. The predicted octanol–water partition coefficient (Wildman–Crippen LogP) is 7.63. The van der Waals surface area contributed by atoms with E-state index in [0.717, 1.165) is 44.9 Å². The number of hydrogen-bond acceptors (Lipinski definition) is 18. The molecule has 0 aliphatic carbocycles. The van der Waals surface area contributed by atoms with Crippen molar-refractivity contribution in [1.82, 2.24) is 25.0 Å². The summed E-state index contributed by atoms with van der Waals surface area (Å²) >= 11 is 0. The number of phosphoric acid groups is 1. The summed E-state index contributed by atoms with van der Waals surface area (Å²) in [5.41, 5.74) is 0.952. The van der Waals surface area contributed by atoms with Crippen molar-refractivity contribution in [2.75, 3.05) is 65.6 Å². The first-order valence-electron chi connectivity index (χ1n) is 31.6. The van der Waals surface area contributed by atoms with Crippen molar-refractivity contribution in [3.63, 3.8) is 0 Å². The maximum Gasteiger partial charge on any atom is 3.00 e. The number of carbonyl (C=O) groups excluding carboxylic acids is 6. The average Bonchev–Trinajstić information content (AvgIpc) is 3.56. The van der Waals surface area contributed by atoms with E-state index in [4.69, 9.17) is 18.5 Å². The Kier molecular flexibility index (Phi) is 48.4. The van der Waals surface area contributed by atoms with Crippen LogP contribution in [0.3, 0.4) is 0 Å². The number of pyridine rings is 1. The SMILES string of the molecule is CCCCCCCCCCCCCCCCCC(=O)OCC(COP(=O)(O)OCCNC(=O)CCC(C(=O)[O-])N1CCN(CC(=O)[O-])CCN(CC(=O)[O-])Cc2cccc(n2)C1)OC(=O)CCCCCCCCCCCCCCCCC.[Gd+3]. The minimum atomic E-state index is -4.79. The summed E-state index contributed by atoms with van der Waals surface area (Å²) in [6.07, 6.45) is 34.3. The largest absolute Gasteiger partial charge is 3.00 e. The van der Waals surface area contributed by atoms with Crippen molar-refractivity contribution in [2.24, 2.45) is 0 Å². The van der Waals surface area contributed by atoms with E-state index in [-0.39, 0.29) is 118 Å². The van der Waals surface area contributed by atoms with Gasteiger partial charge in [-0.15, -0.1) is 0 Å². The number of hydrogen-bond donors (Lipinski definition) is 2. The minimum Gasteiger partial charge on any atom is -0.549 e. The van der Waals surface area contributed by atoms with Crippen molar-refractivity contribution < 1.29 is 112 Å². The van der Waals surface area contributed by atoms with Gasteiger partial charge in [0.05, 0.1) is 48.6 Å². The zero-order chi connectivity index (χ0) is 59.9.